The van der Waals surface area contributed by atoms with Gasteiger partial charge in [0, 0.05) is 11.7 Å². The topological polar surface area (TPSA) is 54.0 Å². The fourth-order valence-corrected chi connectivity index (χ4v) is 2.74. The Bertz CT molecular complexity index is 486. The van der Waals surface area contributed by atoms with Crippen molar-refractivity contribution < 1.29 is 4.79 Å². The molecule has 2 saturated carbocycles. The van der Waals surface area contributed by atoms with Crippen molar-refractivity contribution in [2.45, 2.75) is 45.6 Å². The number of hydrogen-bond acceptors (Lipinski definition) is 2. The van der Waals surface area contributed by atoms with Crippen molar-refractivity contribution >= 4 is 11.7 Å². The van der Waals surface area contributed by atoms with Crippen molar-refractivity contribution in [3.63, 3.8) is 0 Å². The van der Waals surface area contributed by atoms with E-state index in [2.05, 4.69) is 15.6 Å². The van der Waals surface area contributed by atoms with E-state index in [9.17, 15) is 4.79 Å². The molecule has 2 aliphatic rings. The summed E-state index contributed by atoms with van der Waals surface area (Å²) in [6.45, 7) is 3.96. The first-order valence-corrected chi connectivity index (χ1v) is 6.57. The Morgan fingerprint density at radius 3 is 2.72 bits per heavy atom. The minimum atomic E-state index is -0.111. The van der Waals surface area contributed by atoms with Gasteiger partial charge in [-0.2, -0.15) is 0 Å². The van der Waals surface area contributed by atoms with Crippen molar-refractivity contribution in [1.82, 2.24) is 10.3 Å². The first-order valence-electron chi connectivity index (χ1n) is 6.57. The molecule has 4 nitrogen and oxygen atoms in total. The van der Waals surface area contributed by atoms with Gasteiger partial charge in [0.1, 0.15) is 0 Å². The smallest absolute Gasteiger partial charge is 0.319 e. The summed E-state index contributed by atoms with van der Waals surface area (Å²) in [6.07, 6.45) is 6.73. The van der Waals surface area contributed by atoms with Gasteiger partial charge in [0.2, 0.25) is 0 Å². The lowest BCUT2D eigenvalue weighted by molar-refractivity contribution is 0.195. The molecule has 4 heteroatoms. The lowest BCUT2D eigenvalue weighted by Crippen LogP contribution is -2.46. The van der Waals surface area contributed by atoms with E-state index in [-0.39, 0.29) is 6.03 Å². The SMILES string of the molecule is Cc1cc(NC(=O)NC2CC3(CC3)C2)cnc1C. The van der Waals surface area contributed by atoms with E-state index in [1.807, 2.05) is 19.9 Å². The Morgan fingerprint density at radius 1 is 1.39 bits per heavy atom. The highest BCUT2D eigenvalue weighted by molar-refractivity contribution is 5.89. The highest BCUT2D eigenvalue weighted by Crippen LogP contribution is 2.60. The highest BCUT2D eigenvalue weighted by Gasteiger charge is 2.53. The maximum Gasteiger partial charge on any atom is 0.319 e. The molecule has 0 radical (unpaired) electrons. The van der Waals surface area contributed by atoms with Crippen LogP contribution in [0.4, 0.5) is 10.5 Å². The molecule has 2 fully saturated rings. The minimum absolute atomic E-state index is 0.111. The summed E-state index contributed by atoms with van der Waals surface area (Å²) >= 11 is 0. The molecule has 1 aromatic rings. The van der Waals surface area contributed by atoms with Crippen molar-refractivity contribution in [3.8, 4) is 0 Å². The van der Waals surface area contributed by atoms with Crippen LogP contribution in [-0.4, -0.2) is 17.1 Å². The second-order valence-corrected chi connectivity index (χ2v) is 5.83. The standard InChI is InChI=1S/C14H19N3O/c1-9-5-11(8-15-10(9)2)16-13(18)17-12-6-14(7-12)3-4-14/h5,8,12H,3-4,6-7H2,1-2H3,(H2,16,17,18). The number of hydrogen-bond donors (Lipinski definition) is 2. The van der Waals surface area contributed by atoms with Crippen LogP contribution in [0.3, 0.4) is 0 Å². The van der Waals surface area contributed by atoms with Crippen LogP contribution in [0.1, 0.15) is 36.9 Å². The van der Waals surface area contributed by atoms with Crippen LogP contribution in [-0.2, 0) is 0 Å². The number of nitrogens with zero attached hydrogens (tertiary/aromatic N) is 1. The fourth-order valence-electron chi connectivity index (χ4n) is 2.74. The molecular formula is C14H19N3O. The van der Waals surface area contributed by atoms with Crippen LogP contribution in [0.25, 0.3) is 0 Å². The molecule has 3 rings (SSSR count). The van der Waals surface area contributed by atoms with Crippen LogP contribution >= 0.6 is 0 Å². The Hall–Kier alpha value is -1.58. The molecule has 96 valence electrons. The van der Waals surface area contributed by atoms with E-state index < -0.39 is 0 Å². The van der Waals surface area contributed by atoms with Crippen LogP contribution in [0.15, 0.2) is 12.3 Å². The van der Waals surface area contributed by atoms with Crippen LogP contribution in [0, 0.1) is 19.3 Å². The largest absolute Gasteiger partial charge is 0.335 e. The number of amides is 2. The zero-order valence-electron chi connectivity index (χ0n) is 10.9. The summed E-state index contributed by atoms with van der Waals surface area (Å²) in [4.78, 5) is 16.0. The normalized spacial score (nSPS) is 20.3. The molecule has 2 aliphatic carbocycles. The average Bonchev–Trinajstić information content (AvgIpc) is 3.03. The molecule has 0 unspecified atom stereocenters. The number of urea groups is 1. The van der Waals surface area contributed by atoms with E-state index in [0.29, 0.717) is 11.5 Å². The maximum absolute atomic E-state index is 11.8. The fraction of sp³-hybridized carbons (Fsp3) is 0.571. The molecule has 2 amide bonds. The highest BCUT2D eigenvalue weighted by atomic mass is 16.2. The van der Waals surface area contributed by atoms with E-state index in [1.165, 1.54) is 12.8 Å². The summed E-state index contributed by atoms with van der Waals surface area (Å²) in [5.41, 5.74) is 3.47. The third-order valence-electron chi connectivity index (χ3n) is 4.25. The molecular weight excluding hydrogens is 226 g/mol. The second kappa shape index (κ2) is 3.97. The van der Waals surface area contributed by atoms with Gasteiger partial charge < -0.3 is 10.6 Å². The zero-order valence-corrected chi connectivity index (χ0v) is 10.9. The summed E-state index contributed by atoms with van der Waals surface area (Å²) in [7, 11) is 0. The lowest BCUT2D eigenvalue weighted by atomic mass is 9.77. The Morgan fingerprint density at radius 2 is 2.11 bits per heavy atom. The van der Waals surface area contributed by atoms with Gasteiger partial charge in [-0.05, 0) is 56.6 Å². The van der Waals surface area contributed by atoms with Gasteiger partial charge in [-0.1, -0.05) is 0 Å². The van der Waals surface area contributed by atoms with Crippen molar-refractivity contribution in [3.05, 3.63) is 23.5 Å². The van der Waals surface area contributed by atoms with Crippen LogP contribution < -0.4 is 10.6 Å². The molecule has 0 aromatic carbocycles. The van der Waals surface area contributed by atoms with Gasteiger partial charge in [-0.15, -0.1) is 0 Å². The van der Waals surface area contributed by atoms with Crippen LogP contribution in [0.2, 0.25) is 0 Å². The molecule has 18 heavy (non-hydrogen) atoms. The molecule has 0 atom stereocenters. The van der Waals surface area contributed by atoms with Gasteiger partial charge >= 0.3 is 6.03 Å². The predicted octanol–water partition coefficient (Wildman–Crippen LogP) is 2.76. The summed E-state index contributed by atoms with van der Waals surface area (Å²) in [5.74, 6) is 0. The molecule has 0 bridgehead atoms. The monoisotopic (exact) mass is 245 g/mol. The lowest BCUT2D eigenvalue weighted by Gasteiger charge is -2.36. The molecule has 2 N–H and O–H groups in total. The Labute approximate surface area is 107 Å². The number of rotatable bonds is 2. The van der Waals surface area contributed by atoms with Crippen molar-refractivity contribution in [2.24, 2.45) is 5.41 Å². The number of carbonyl (C=O) groups is 1. The number of aryl methyl sites for hydroxylation is 2. The average molecular weight is 245 g/mol. The number of nitrogens with one attached hydrogen (secondary N) is 2. The minimum Gasteiger partial charge on any atom is -0.335 e. The second-order valence-electron chi connectivity index (χ2n) is 5.83. The first-order chi connectivity index (χ1) is 8.56. The van der Waals surface area contributed by atoms with Gasteiger partial charge in [0.05, 0.1) is 11.9 Å². The summed E-state index contributed by atoms with van der Waals surface area (Å²) < 4.78 is 0. The van der Waals surface area contributed by atoms with Gasteiger partial charge in [0.15, 0.2) is 0 Å². The molecule has 1 spiro atoms. The van der Waals surface area contributed by atoms with E-state index in [4.69, 9.17) is 0 Å². The Balaban J connectivity index is 1.52. The molecule has 0 saturated heterocycles. The zero-order chi connectivity index (χ0) is 12.8. The van der Waals surface area contributed by atoms with E-state index >= 15 is 0 Å². The van der Waals surface area contributed by atoms with Gasteiger partial charge in [0.25, 0.3) is 0 Å². The predicted molar refractivity (Wildman–Crippen MR) is 70.6 cm³/mol. The molecule has 1 aromatic heterocycles. The maximum atomic E-state index is 11.8. The quantitative estimate of drug-likeness (QED) is 0.841. The number of aromatic nitrogens is 1. The number of pyridine rings is 1. The first kappa shape index (κ1) is 11.5. The third kappa shape index (κ3) is 2.19. The van der Waals surface area contributed by atoms with Crippen LogP contribution in [0.5, 0.6) is 0 Å². The summed E-state index contributed by atoms with van der Waals surface area (Å²) in [5, 5.41) is 5.86. The van der Waals surface area contributed by atoms with E-state index in [0.717, 1.165) is 29.8 Å². The van der Waals surface area contributed by atoms with Gasteiger partial charge in [-0.25, -0.2) is 4.79 Å². The van der Waals surface area contributed by atoms with E-state index in [1.54, 1.807) is 6.20 Å². The number of carbonyl (C=O) groups excluding carboxylic acids is 1. The Kier molecular flexibility index (Phi) is 2.54. The number of anilines is 1. The third-order valence-corrected chi connectivity index (χ3v) is 4.25. The van der Waals surface area contributed by atoms with Gasteiger partial charge in [-0.3, -0.25) is 4.98 Å². The van der Waals surface area contributed by atoms with Crippen molar-refractivity contribution in [1.29, 1.82) is 0 Å². The molecule has 0 aliphatic heterocycles. The summed E-state index contributed by atoms with van der Waals surface area (Å²) in [6, 6.07) is 2.21. The van der Waals surface area contributed by atoms with Crippen molar-refractivity contribution in [2.75, 3.05) is 5.32 Å². The molecule has 1 heterocycles.